The van der Waals surface area contributed by atoms with Crippen molar-refractivity contribution in [1.29, 1.82) is 0 Å². The Morgan fingerprint density at radius 1 is 1.20 bits per heavy atom. The zero-order valence-electron chi connectivity index (χ0n) is 9.33. The molecule has 82 valence electrons. The minimum atomic E-state index is -0.0207. The summed E-state index contributed by atoms with van der Waals surface area (Å²) in [6, 6.07) is 8.54. The Balaban J connectivity index is 2.26. The second kappa shape index (κ2) is 4.33. The molecule has 0 bridgehead atoms. The Morgan fingerprint density at radius 2 is 1.80 bits per heavy atom. The van der Waals surface area contributed by atoms with Gasteiger partial charge >= 0.3 is 0 Å². The van der Waals surface area contributed by atoms with Gasteiger partial charge in [0.25, 0.3) is 0 Å². The van der Waals surface area contributed by atoms with Crippen LogP contribution in [0.15, 0.2) is 24.3 Å². The predicted molar refractivity (Wildman–Crippen MR) is 61.5 cm³/mol. The maximum atomic E-state index is 5.73. The summed E-state index contributed by atoms with van der Waals surface area (Å²) in [7, 11) is 1.82. The van der Waals surface area contributed by atoms with Crippen molar-refractivity contribution in [1.82, 2.24) is 0 Å². The van der Waals surface area contributed by atoms with Crippen LogP contribution in [0, 0.1) is 0 Å². The van der Waals surface area contributed by atoms with Crippen LogP contribution in [0.5, 0.6) is 0 Å². The molecule has 2 heteroatoms. The predicted octanol–water partition coefficient (Wildman–Crippen LogP) is 2.56. The molecule has 0 atom stereocenters. The van der Waals surface area contributed by atoms with E-state index in [-0.39, 0.29) is 5.60 Å². The van der Waals surface area contributed by atoms with E-state index in [1.165, 1.54) is 24.0 Å². The Kier molecular flexibility index (Phi) is 3.08. The number of hydrogen-bond acceptors (Lipinski definition) is 2. The number of benzene rings is 1. The largest absolute Gasteiger partial charge is 0.374 e. The highest BCUT2D eigenvalue weighted by Gasteiger charge is 2.35. The van der Waals surface area contributed by atoms with Crippen LogP contribution in [0.1, 0.15) is 36.8 Å². The van der Waals surface area contributed by atoms with Crippen LogP contribution in [0.25, 0.3) is 0 Å². The standard InChI is InChI=1S/C13H19NO/c1-15-13(8-2-3-9-13)12-6-4-11(10-14)5-7-12/h4-7H,2-3,8-10,14H2,1H3. The summed E-state index contributed by atoms with van der Waals surface area (Å²) < 4.78 is 5.73. The number of rotatable bonds is 3. The average molecular weight is 205 g/mol. The summed E-state index contributed by atoms with van der Waals surface area (Å²) in [5.74, 6) is 0. The number of methoxy groups -OCH3 is 1. The summed E-state index contributed by atoms with van der Waals surface area (Å²) in [4.78, 5) is 0. The normalized spacial score (nSPS) is 19.3. The van der Waals surface area contributed by atoms with Crippen LogP contribution in [-0.4, -0.2) is 7.11 Å². The molecule has 2 nitrogen and oxygen atoms in total. The molecule has 2 N–H and O–H groups in total. The third-order valence-corrected chi connectivity index (χ3v) is 3.52. The van der Waals surface area contributed by atoms with E-state index in [1.54, 1.807) is 0 Å². The van der Waals surface area contributed by atoms with Crippen molar-refractivity contribution in [3.63, 3.8) is 0 Å². The van der Waals surface area contributed by atoms with E-state index in [2.05, 4.69) is 24.3 Å². The maximum absolute atomic E-state index is 5.73. The molecule has 1 aromatic carbocycles. The maximum Gasteiger partial charge on any atom is 0.0927 e. The lowest BCUT2D eigenvalue weighted by molar-refractivity contribution is -0.00871. The highest BCUT2D eigenvalue weighted by molar-refractivity contribution is 5.28. The van der Waals surface area contributed by atoms with Crippen molar-refractivity contribution >= 4 is 0 Å². The van der Waals surface area contributed by atoms with E-state index in [0.29, 0.717) is 6.54 Å². The van der Waals surface area contributed by atoms with Gasteiger partial charge in [0.15, 0.2) is 0 Å². The first-order chi connectivity index (χ1) is 7.30. The van der Waals surface area contributed by atoms with Crippen molar-refractivity contribution in [2.45, 2.75) is 37.8 Å². The van der Waals surface area contributed by atoms with E-state index < -0.39 is 0 Å². The molecule has 0 spiro atoms. The van der Waals surface area contributed by atoms with Gasteiger partial charge in [-0.3, -0.25) is 0 Å². The van der Waals surface area contributed by atoms with Crippen molar-refractivity contribution in [3.8, 4) is 0 Å². The fraction of sp³-hybridized carbons (Fsp3) is 0.538. The lowest BCUT2D eigenvalue weighted by atomic mass is 9.91. The van der Waals surface area contributed by atoms with E-state index in [0.717, 1.165) is 12.8 Å². The second-order valence-electron chi connectivity index (χ2n) is 4.31. The molecule has 0 radical (unpaired) electrons. The summed E-state index contributed by atoms with van der Waals surface area (Å²) in [6.45, 7) is 0.611. The molecule has 0 unspecified atom stereocenters. The molecule has 0 aromatic heterocycles. The molecule has 2 rings (SSSR count). The van der Waals surface area contributed by atoms with Gasteiger partial charge in [0.2, 0.25) is 0 Å². The highest BCUT2D eigenvalue weighted by atomic mass is 16.5. The molecule has 1 aliphatic rings. The van der Waals surface area contributed by atoms with Gasteiger partial charge in [-0.1, -0.05) is 37.1 Å². The van der Waals surface area contributed by atoms with Crippen LogP contribution in [0.4, 0.5) is 0 Å². The van der Waals surface area contributed by atoms with Crippen molar-refractivity contribution in [3.05, 3.63) is 35.4 Å². The summed E-state index contributed by atoms with van der Waals surface area (Å²) in [6.07, 6.45) is 4.83. The molecule has 0 aliphatic heterocycles. The summed E-state index contributed by atoms with van der Waals surface area (Å²) in [5, 5.41) is 0. The number of nitrogens with two attached hydrogens (primary N) is 1. The quantitative estimate of drug-likeness (QED) is 0.823. The lowest BCUT2D eigenvalue weighted by Crippen LogP contribution is -2.24. The Bertz CT molecular complexity index is 312. The first-order valence-corrected chi connectivity index (χ1v) is 5.65. The smallest absolute Gasteiger partial charge is 0.0927 e. The minimum absolute atomic E-state index is 0.0207. The van der Waals surface area contributed by atoms with Crippen molar-refractivity contribution in [2.75, 3.05) is 7.11 Å². The lowest BCUT2D eigenvalue weighted by Gasteiger charge is -2.28. The SMILES string of the molecule is COC1(c2ccc(CN)cc2)CCCC1. The Labute approximate surface area is 91.4 Å². The van der Waals surface area contributed by atoms with Crippen LogP contribution < -0.4 is 5.73 Å². The highest BCUT2D eigenvalue weighted by Crippen LogP contribution is 2.41. The fourth-order valence-corrected chi connectivity index (χ4v) is 2.50. The molecule has 1 saturated carbocycles. The Hall–Kier alpha value is -0.860. The molecule has 0 amide bonds. The first-order valence-electron chi connectivity index (χ1n) is 5.65. The van der Waals surface area contributed by atoms with E-state index in [4.69, 9.17) is 10.5 Å². The van der Waals surface area contributed by atoms with Gasteiger partial charge in [-0.25, -0.2) is 0 Å². The summed E-state index contributed by atoms with van der Waals surface area (Å²) >= 11 is 0. The van der Waals surface area contributed by atoms with Gasteiger partial charge in [0.1, 0.15) is 0 Å². The third kappa shape index (κ3) is 1.92. The van der Waals surface area contributed by atoms with Crippen molar-refractivity contribution < 1.29 is 4.74 Å². The van der Waals surface area contributed by atoms with E-state index in [9.17, 15) is 0 Å². The molecular weight excluding hydrogens is 186 g/mol. The fourth-order valence-electron chi connectivity index (χ4n) is 2.50. The van der Waals surface area contributed by atoms with Gasteiger partial charge in [0.05, 0.1) is 5.60 Å². The average Bonchev–Trinajstić information content (AvgIpc) is 2.79. The zero-order valence-corrected chi connectivity index (χ0v) is 9.33. The van der Waals surface area contributed by atoms with Crippen LogP contribution in [-0.2, 0) is 16.9 Å². The molecule has 0 heterocycles. The van der Waals surface area contributed by atoms with Gasteiger partial charge in [-0.2, -0.15) is 0 Å². The van der Waals surface area contributed by atoms with Gasteiger partial charge < -0.3 is 10.5 Å². The molecule has 1 aromatic rings. The molecule has 1 aliphatic carbocycles. The van der Waals surface area contributed by atoms with E-state index in [1.807, 2.05) is 7.11 Å². The topological polar surface area (TPSA) is 35.2 Å². The molecule has 0 saturated heterocycles. The molecule has 15 heavy (non-hydrogen) atoms. The zero-order chi connectivity index (χ0) is 10.7. The Morgan fingerprint density at radius 3 is 2.27 bits per heavy atom. The van der Waals surface area contributed by atoms with Crippen LogP contribution in [0.3, 0.4) is 0 Å². The van der Waals surface area contributed by atoms with E-state index >= 15 is 0 Å². The van der Waals surface area contributed by atoms with Crippen molar-refractivity contribution in [2.24, 2.45) is 5.73 Å². The molecule has 1 fully saturated rings. The molecular formula is C13H19NO. The van der Waals surface area contributed by atoms with Crippen LogP contribution in [0.2, 0.25) is 0 Å². The summed E-state index contributed by atoms with van der Waals surface area (Å²) in [5.41, 5.74) is 8.06. The van der Waals surface area contributed by atoms with Gasteiger partial charge in [-0.15, -0.1) is 0 Å². The minimum Gasteiger partial charge on any atom is -0.374 e. The van der Waals surface area contributed by atoms with Gasteiger partial charge in [-0.05, 0) is 24.0 Å². The first kappa shape index (κ1) is 10.7. The monoisotopic (exact) mass is 205 g/mol. The van der Waals surface area contributed by atoms with Gasteiger partial charge in [0, 0.05) is 13.7 Å². The van der Waals surface area contributed by atoms with Crippen LogP contribution >= 0.6 is 0 Å². The number of ether oxygens (including phenoxy) is 1. The number of hydrogen-bond donors (Lipinski definition) is 1. The second-order valence-corrected chi connectivity index (χ2v) is 4.31. The third-order valence-electron chi connectivity index (χ3n) is 3.52.